The van der Waals surface area contributed by atoms with E-state index in [0.717, 1.165) is 28.7 Å². The Morgan fingerprint density at radius 3 is 2.37 bits per heavy atom. The average Bonchev–Trinajstić information content (AvgIpc) is 2.38. The molecule has 0 amide bonds. The number of benzene rings is 1. The molecule has 0 unspecified atom stereocenters. The molecular weight excluding hydrogens is 263 g/mol. The van der Waals surface area contributed by atoms with Crippen LogP contribution < -0.4 is 0 Å². The van der Waals surface area contributed by atoms with Crippen LogP contribution in [-0.2, 0) is 6.61 Å². The summed E-state index contributed by atoms with van der Waals surface area (Å²) in [5.74, 6) is -0.365. The quantitative estimate of drug-likeness (QED) is 0.876. The smallest absolute Gasteiger partial charge is 0.193 e. The molecule has 0 bridgehead atoms. The van der Waals surface area contributed by atoms with Gasteiger partial charge in [0.2, 0.25) is 0 Å². The standard InChI is InChI=1S/C14H15FN2OS/c1-8-9(2)16-14(17-10(8)3)19-13-11(7-18)5-4-6-12(13)15/h4-6,18H,7H2,1-3H3. The zero-order valence-electron chi connectivity index (χ0n) is 11.1. The van der Waals surface area contributed by atoms with E-state index < -0.39 is 0 Å². The molecule has 2 rings (SSSR count). The van der Waals surface area contributed by atoms with Crippen LogP contribution in [0.15, 0.2) is 28.3 Å². The Labute approximate surface area is 115 Å². The van der Waals surface area contributed by atoms with Gasteiger partial charge in [-0.15, -0.1) is 0 Å². The molecule has 1 aromatic heterocycles. The normalized spacial score (nSPS) is 10.8. The highest BCUT2D eigenvalue weighted by molar-refractivity contribution is 7.99. The molecular formula is C14H15FN2OS. The number of hydrogen-bond donors (Lipinski definition) is 1. The lowest BCUT2D eigenvalue weighted by Gasteiger charge is -2.09. The minimum Gasteiger partial charge on any atom is -0.392 e. The third-order valence-electron chi connectivity index (χ3n) is 3.02. The number of halogens is 1. The summed E-state index contributed by atoms with van der Waals surface area (Å²) in [6.07, 6.45) is 0. The van der Waals surface area contributed by atoms with Gasteiger partial charge in [0.15, 0.2) is 5.16 Å². The molecule has 1 N–H and O–H groups in total. The van der Waals surface area contributed by atoms with Crippen molar-refractivity contribution in [3.63, 3.8) is 0 Å². The van der Waals surface area contributed by atoms with Gasteiger partial charge in [-0.2, -0.15) is 0 Å². The van der Waals surface area contributed by atoms with Crippen molar-refractivity contribution >= 4 is 11.8 Å². The summed E-state index contributed by atoms with van der Waals surface area (Å²) in [6.45, 7) is 5.57. The lowest BCUT2D eigenvalue weighted by molar-refractivity contribution is 0.277. The molecule has 0 aliphatic carbocycles. The fourth-order valence-electron chi connectivity index (χ4n) is 1.67. The maximum absolute atomic E-state index is 13.8. The third kappa shape index (κ3) is 2.93. The van der Waals surface area contributed by atoms with Crippen LogP contribution in [0, 0.1) is 26.6 Å². The molecule has 0 atom stereocenters. The maximum Gasteiger partial charge on any atom is 0.193 e. The minimum atomic E-state index is -0.365. The van der Waals surface area contributed by atoms with Crippen LogP contribution in [0.1, 0.15) is 22.5 Å². The number of hydrogen-bond acceptors (Lipinski definition) is 4. The van der Waals surface area contributed by atoms with Gasteiger partial charge in [0.25, 0.3) is 0 Å². The van der Waals surface area contributed by atoms with Crippen molar-refractivity contribution in [1.29, 1.82) is 0 Å². The Hall–Kier alpha value is -1.46. The summed E-state index contributed by atoms with van der Waals surface area (Å²) in [6, 6.07) is 4.65. The summed E-state index contributed by atoms with van der Waals surface area (Å²) in [4.78, 5) is 9.08. The molecule has 0 saturated heterocycles. The Morgan fingerprint density at radius 2 is 1.79 bits per heavy atom. The van der Waals surface area contributed by atoms with Crippen LogP contribution in [0.25, 0.3) is 0 Å². The molecule has 2 aromatic rings. The Bertz CT molecular complexity index is 593. The number of aryl methyl sites for hydroxylation is 2. The largest absolute Gasteiger partial charge is 0.392 e. The van der Waals surface area contributed by atoms with E-state index >= 15 is 0 Å². The van der Waals surface area contributed by atoms with Crippen LogP contribution in [0.3, 0.4) is 0 Å². The van der Waals surface area contributed by atoms with Crippen molar-refractivity contribution in [2.24, 2.45) is 0 Å². The number of aromatic nitrogens is 2. The number of rotatable bonds is 3. The van der Waals surface area contributed by atoms with Crippen molar-refractivity contribution in [3.05, 3.63) is 46.5 Å². The van der Waals surface area contributed by atoms with Crippen LogP contribution >= 0.6 is 11.8 Å². The Balaban J connectivity index is 2.42. The van der Waals surface area contributed by atoms with Crippen LogP contribution in [0.4, 0.5) is 4.39 Å². The first-order valence-corrected chi connectivity index (χ1v) is 6.72. The SMILES string of the molecule is Cc1nc(Sc2c(F)cccc2CO)nc(C)c1C. The van der Waals surface area contributed by atoms with Gasteiger partial charge in [-0.3, -0.25) is 0 Å². The van der Waals surface area contributed by atoms with E-state index in [9.17, 15) is 9.50 Å². The van der Waals surface area contributed by atoms with Crippen molar-refractivity contribution < 1.29 is 9.50 Å². The van der Waals surface area contributed by atoms with Gasteiger partial charge in [0.05, 0.1) is 11.5 Å². The summed E-state index contributed by atoms with van der Waals surface area (Å²) in [5, 5.41) is 9.75. The van der Waals surface area contributed by atoms with Crippen molar-refractivity contribution in [2.75, 3.05) is 0 Å². The summed E-state index contributed by atoms with van der Waals surface area (Å²) < 4.78 is 13.8. The van der Waals surface area contributed by atoms with Gasteiger partial charge >= 0.3 is 0 Å². The van der Waals surface area contributed by atoms with E-state index in [2.05, 4.69) is 9.97 Å². The Morgan fingerprint density at radius 1 is 1.16 bits per heavy atom. The predicted molar refractivity (Wildman–Crippen MR) is 72.7 cm³/mol. The molecule has 0 aliphatic rings. The van der Waals surface area contributed by atoms with Gasteiger partial charge in [-0.25, -0.2) is 14.4 Å². The predicted octanol–water partition coefficient (Wildman–Crippen LogP) is 3.18. The topological polar surface area (TPSA) is 46.0 Å². The first-order valence-electron chi connectivity index (χ1n) is 5.91. The van der Waals surface area contributed by atoms with Gasteiger partial charge in [-0.1, -0.05) is 12.1 Å². The Kier molecular flexibility index (Phi) is 4.17. The fraction of sp³-hybridized carbons (Fsp3) is 0.286. The first kappa shape index (κ1) is 14.0. The second-order valence-corrected chi connectivity index (χ2v) is 5.27. The highest BCUT2D eigenvalue weighted by Crippen LogP contribution is 2.31. The van der Waals surface area contributed by atoms with E-state index in [0.29, 0.717) is 15.6 Å². The van der Waals surface area contributed by atoms with Gasteiger partial charge in [-0.05, 0) is 49.7 Å². The average molecular weight is 278 g/mol. The zero-order chi connectivity index (χ0) is 14.0. The van der Waals surface area contributed by atoms with E-state index in [1.54, 1.807) is 12.1 Å². The van der Waals surface area contributed by atoms with Gasteiger partial charge in [0.1, 0.15) is 5.82 Å². The number of aliphatic hydroxyl groups excluding tert-OH is 1. The third-order valence-corrected chi connectivity index (χ3v) is 4.05. The van der Waals surface area contributed by atoms with Gasteiger partial charge in [0, 0.05) is 11.4 Å². The van der Waals surface area contributed by atoms with Crippen molar-refractivity contribution in [3.8, 4) is 0 Å². The van der Waals surface area contributed by atoms with Crippen molar-refractivity contribution in [1.82, 2.24) is 9.97 Å². The molecule has 0 fully saturated rings. The van der Waals surface area contributed by atoms with Crippen molar-refractivity contribution in [2.45, 2.75) is 37.4 Å². The molecule has 100 valence electrons. The van der Waals surface area contributed by atoms with Gasteiger partial charge < -0.3 is 5.11 Å². The fourth-order valence-corrected chi connectivity index (χ4v) is 2.65. The van der Waals surface area contributed by atoms with Crippen LogP contribution in [-0.4, -0.2) is 15.1 Å². The van der Waals surface area contributed by atoms with E-state index in [1.165, 1.54) is 6.07 Å². The molecule has 3 nitrogen and oxygen atoms in total. The molecule has 19 heavy (non-hydrogen) atoms. The lowest BCUT2D eigenvalue weighted by atomic mass is 10.2. The highest BCUT2D eigenvalue weighted by Gasteiger charge is 2.13. The second kappa shape index (κ2) is 5.67. The van der Waals surface area contributed by atoms with Crippen LogP contribution in [0.5, 0.6) is 0 Å². The van der Waals surface area contributed by atoms with Crippen LogP contribution in [0.2, 0.25) is 0 Å². The minimum absolute atomic E-state index is 0.204. The number of nitrogens with zero attached hydrogens (tertiary/aromatic N) is 2. The monoisotopic (exact) mass is 278 g/mol. The molecule has 0 radical (unpaired) electrons. The van der Waals surface area contributed by atoms with E-state index in [4.69, 9.17) is 0 Å². The van der Waals surface area contributed by atoms with E-state index in [1.807, 2.05) is 20.8 Å². The summed E-state index contributed by atoms with van der Waals surface area (Å²) in [5.41, 5.74) is 3.36. The molecule has 0 spiro atoms. The maximum atomic E-state index is 13.8. The second-order valence-electron chi connectivity index (χ2n) is 4.29. The summed E-state index contributed by atoms with van der Waals surface area (Å²) in [7, 11) is 0. The summed E-state index contributed by atoms with van der Waals surface area (Å²) >= 11 is 1.15. The first-order chi connectivity index (χ1) is 9.02. The number of aliphatic hydroxyl groups is 1. The molecule has 1 heterocycles. The lowest BCUT2D eigenvalue weighted by Crippen LogP contribution is -1.99. The molecule has 0 aliphatic heterocycles. The molecule has 5 heteroatoms. The molecule has 0 saturated carbocycles. The van der Waals surface area contributed by atoms with E-state index in [-0.39, 0.29) is 12.4 Å². The molecule has 1 aromatic carbocycles. The highest BCUT2D eigenvalue weighted by atomic mass is 32.2. The zero-order valence-corrected chi connectivity index (χ0v) is 11.9.